The topological polar surface area (TPSA) is 138 Å². The van der Waals surface area contributed by atoms with Gasteiger partial charge in [-0.2, -0.15) is 0 Å². The Kier molecular flexibility index (Phi) is 6.80. The summed E-state index contributed by atoms with van der Waals surface area (Å²) in [5.41, 5.74) is 2.88. The standard InChI is InChI=1S/C27H28N6O4S/c1-33(16-27(17-34)8-9-27)25-5-3-4-22(32-25)23-7-6-18-13-29-20(11-24(18)31-23)14-30-26(35)19-10-21(15-28-12-19)38(2,36)37/h3-7,10-13,15,34H,8-9,14,16-17H2,1-2H3,(H,30,35). The Balaban J connectivity index is 1.32. The van der Waals surface area contributed by atoms with E-state index < -0.39 is 15.7 Å². The highest BCUT2D eigenvalue weighted by molar-refractivity contribution is 7.90. The monoisotopic (exact) mass is 532 g/mol. The van der Waals surface area contributed by atoms with Gasteiger partial charge in [-0.1, -0.05) is 6.07 Å². The minimum Gasteiger partial charge on any atom is -0.396 e. The van der Waals surface area contributed by atoms with Crippen LogP contribution in [0.25, 0.3) is 22.3 Å². The van der Waals surface area contributed by atoms with Gasteiger partial charge in [0.25, 0.3) is 5.91 Å². The maximum atomic E-state index is 12.6. The quantitative estimate of drug-likeness (QED) is 0.333. The fourth-order valence-corrected chi connectivity index (χ4v) is 4.82. The molecule has 1 aliphatic carbocycles. The van der Waals surface area contributed by atoms with Crippen molar-refractivity contribution < 1.29 is 18.3 Å². The molecule has 1 aliphatic rings. The van der Waals surface area contributed by atoms with Crippen molar-refractivity contribution in [1.82, 2.24) is 25.3 Å². The minimum absolute atomic E-state index is 0.0144. The van der Waals surface area contributed by atoms with Crippen LogP contribution in [-0.2, 0) is 16.4 Å². The van der Waals surface area contributed by atoms with Crippen LogP contribution >= 0.6 is 0 Å². The average molecular weight is 533 g/mol. The van der Waals surface area contributed by atoms with Gasteiger partial charge in [-0.3, -0.25) is 14.8 Å². The van der Waals surface area contributed by atoms with Crippen molar-refractivity contribution in [1.29, 1.82) is 0 Å². The molecule has 1 fully saturated rings. The molecular weight excluding hydrogens is 504 g/mol. The van der Waals surface area contributed by atoms with Crippen LogP contribution in [0.5, 0.6) is 0 Å². The van der Waals surface area contributed by atoms with E-state index in [1.54, 1.807) is 12.3 Å². The molecule has 0 radical (unpaired) electrons. The lowest BCUT2D eigenvalue weighted by Crippen LogP contribution is -2.29. The van der Waals surface area contributed by atoms with Crippen LogP contribution in [0, 0.1) is 5.41 Å². The first-order valence-corrected chi connectivity index (χ1v) is 14.0. The van der Waals surface area contributed by atoms with Crippen LogP contribution in [0.3, 0.4) is 0 Å². The third-order valence-corrected chi connectivity index (χ3v) is 7.80. The molecule has 196 valence electrons. The number of aliphatic hydroxyl groups is 1. The molecule has 1 saturated carbocycles. The lowest BCUT2D eigenvalue weighted by Gasteiger charge is -2.23. The van der Waals surface area contributed by atoms with Crippen LogP contribution in [0.2, 0.25) is 0 Å². The normalized spacial score (nSPS) is 14.3. The zero-order valence-corrected chi connectivity index (χ0v) is 21.9. The van der Waals surface area contributed by atoms with Gasteiger partial charge < -0.3 is 15.3 Å². The molecule has 0 aliphatic heterocycles. The number of carbonyl (C=O) groups excluding carboxylic acids is 1. The Labute approximate surface area is 220 Å². The molecular formula is C27H28N6O4S. The number of nitrogens with zero attached hydrogens (tertiary/aromatic N) is 5. The highest BCUT2D eigenvalue weighted by Crippen LogP contribution is 2.45. The zero-order chi connectivity index (χ0) is 26.9. The Morgan fingerprint density at radius 3 is 2.61 bits per heavy atom. The van der Waals surface area contributed by atoms with Gasteiger partial charge in [-0.15, -0.1) is 0 Å². The molecule has 0 aromatic carbocycles. The largest absolute Gasteiger partial charge is 0.396 e. The number of anilines is 1. The van der Waals surface area contributed by atoms with E-state index in [9.17, 15) is 18.3 Å². The Bertz CT molecular complexity index is 1620. The van der Waals surface area contributed by atoms with Crippen molar-refractivity contribution in [3.8, 4) is 11.4 Å². The average Bonchev–Trinajstić information content (AvgIpc) is 3.70. The maximum absolute atomic E-state index is 12.6. The molecule has 0 unspecified atom stereocenters. The molecule has 1 amide bonds. The van der Waals surface area contributed by atoms with Gasteiger partial charge in [0.05, 0.1) is 46.2 Å². The molecule has 4 aromatic rings. The number of carbonyl (C=O) groups is 1. The number of rotatable bonds is 9. The van der Waals surface area contributed by atoms with Gasteiger partial charge in [0, 0.05) is 49.2 Å². The SMILES string of the molecule is CN(CC1(CO)CC1)c1cccc(-c2ccc3cnc(CNC(=O)c4cncc(S(C)(=O)=O)c4)cc3n2)n1. The van der Waals surface area contributed by atoms with E-state index in [0.29, 0.717) is 16.9 Å². The summed E-state index contributed by atoms with van der Waals surface area (Å²) < 4.78 is 23.5. The number of fused-ring (bicyclic) bond motifs is 1. The predicted molar refractivity (Wildman–Crippen MR) is 143 cm³/mol. The first-order valence-electron chi connectivity index (χ1n) is 12.1. The summed E-state index contributed by atoms with van der Waals surface area (Å²) in [5.74, 6) is 0.364. The molecule has 4 heterocycles. The van der Waals surface area contributed by atoms with Crippen molar-refractivity contribution in [2.45, 2.75) is 24.3 Å². The Morgan fingerprint density at radius 2 is 1.87 bits per heavy atom. The number of amides is 1. The van der Waals surface area contributed by atoms with Crippen molar-refractivity contribution in [2.24, 2.45) is 5.41 Å². The fourth-order valence-electron chi connectivity index (χ4n) is 4.22. The summed E-state index contributed by atoms with van der Waals surface area (Å²) in [6, 6.07) is 12.7. The summed E-state index contributed by atoms with van der Waals surface area (Å²) >= 11 is 0. The van der Waals surface area contributed by atoms with E-state index >= 15 is 0 Å². The fraction of sp³-hybridized carbons (Fsp3) is 0.296. The van der Waals surface area contributed by atoms with Gasteiger partial charge in [-0.25, -0.2) is 18.4 Å². The van der Waals surface area contributed by atoms with E-state index in [0.717, 1.165) is 42.5 Å². The van der Waals surface area contributed by atoms with Gasteiger partial charge in [0.1, 0.15) is 5.82 Å². The second kappa shape index (κ2) is 10.1. The van der Waals surface area contributed by atoms with Crippen molar-refractivity contribution >= 4 is 32.5 Å². The number of aliphatic hydroxyl groups excluding tert-OH is 1. The highest BCUT2D eigenvalue weighted by atomic mass is 32.2. The Morgan fingerprint density at radius 1 is 1.08 bits per heavy atom. The van der Waals surface area contributed by atoms with Crippen LogP contribution in [0.15, 0.2) is 66.0 Å². The van der Waals surface area contributed by atoms with E-state index in [1.807, 2.05) is 37.4 Å². The molecule has 0 bridgehead atoms. The molecule has 11 heteroatoms. The number of nitrogens with one attached hydrogen (secondary N) is 1. The second-order valence-electron chi connectivity index (χ2n) is 9.82. The minimum atomic E-state index is -3.47. The number of hydrogen-bond donors (Lipinski definition) is 2. The lowest BCUT2D eigenvalue weighted by atomic mass is 10.1. The second-order valence-corrected chi connectivity index (χ2v) is 11.8. The summed E-state index contributed by atoms with van der Waals surface area (Å²) in [7, 11) is -1.49. The van der Waals surface area contributed by atoms with E-state index in [-0.39, 0.29) is 29.0 Å². The number of aromatic nitrogens is 4. The molecule has 5 rings (SSSR count). The Hall–Kier alpha value is -3.96. The molecule has 38 heavy (non-hydrogen) atoms. The molecule has 0 atom stereocenters. The molecule has 10 nitrogen and oxygen atoms in total. The summed E-state index contributed by atoms with van der Waals surface area (Å²) in [6.07, 6.45) is 7.35. The lowest BCUT2D eigenvalue weighted by molar-refractivity contribution is 0.0950. The number of hydrogen-bond acceptors (Lipinski definition) is 9. The highest BCUT2D eigenvalue weighted by Gasteiger charge is 2.43. The van der Waals surface area contributed by atoms with E-state index in [2.05, 4.69) is 20.2 Å². The zero-order valence-electron chi connectivity index (χ0n) is 21.1. The van der Waals surface area contributed by atoms with Crippen molar-refractivity contribution in [3.63, 3.8) is 0 Å². The third kappa shape index (κ3) is 5.63. The van der Waals surface area contributed by atoms with E-state index in [1.165, 1.54) is 18.5 Å². The van der Waals surface area contributed by atoms with Gasteiger partial charge in [0.2, 0.25) is 0 Å². The molecule has 0 spiro atoms. The molecule has 2 N–H and O–H groups in total. The summed E-state index contributed by atoms with van der Waals surface area (Å²) in [5, 5.41) is 13.3. The summed E-state index contributed by atoms with van der Waals surface area (Å²) in [4.78, 5) is 32.5. The first kappa shape index (κ1) is 25.7. The molecule has 4 aromatic heterocycles. The van der Waals surface area contributed by atoms with Gasteiger partial charge in [0.15, 0.2) is 9.84 Å². The van der Waals surface area contributed by atoms with Gasteiger partial charge >= 0.3 is 0 Å². The number of pyridine rings is 4. The van der Waals surface area contributed by atoms with Crippen molar-refractivity contribution in [3.05, 3.63) is 72.3 Å². The van der Waals surface area contributed by atoms with E-state index in [4.69, 9.17) is 9.97 Å². The maximum Gasteiger partial charge on any atom is 0.253 e. The van der Waals surface area contributed by atoms with Crippen LogP contribution in [0.1, 0.15) is 28.9 Å². The predicted octanol–water partition coefficient (Wildman–Crippen LogP) is 2.63. The number of sulfone groups is 1. The van der Waals surface area contributed by atoms with Crippen LogP contribution in [0.4, 0.5) is 5.82 Å². The summed E-state index contributed by atoms with van der Waals surface area (Å²) in [6.45, 7) is 1.07. The first-order chi connectivity index (χ1) is 18.2. The van der Waals surface area contributed by atoms with Crippen LogP contribution < -0.4 is 10.2 Å². The molecule has 0 saturated heterocycles. The van der Waals surface area contributed by atoms with Crippen LogP contribution in [-0.4, -0.2) is 65.8 Å². The third-order valence-electron chi connectivity index (χ3n) is 6.72. The van der Waals surface area contributed by atoms with Gasteiger partial charge in [-0.05, 0) is 49.2 Å². The van der Waals surface area contributed by atoms with Crippen molar-refractivity contribution in [2.75, 3.05) is 31.4 Å². The smallest absolute Gasteiger partial charge is 0.253 e.